The van der Waals surface area contributed by atoms with Gasteiger partial charge in [0.1, 0.15) is 6.04 Å². The lowest BCUT2D eigenvalue weighted by atomic mass is 10.1. The lowest BCUT2D eigenvalue weighted by Crippen LogP contribution is -2.57. The van der Waals surface area contributed by atoms with Gasteiger partial charge in [-0.05, 0) is 56.5 Å². The van der Waals surface area contributed by atoms with Crippen LogP contribution in [-0.4, -0.2) is 43.0 Å². The Hall–Kier alpha value is -0.430. The first-order chi connectivity index (χ1) is 9.61. The van der Waals surface area contributed by atoms with Gasteiger partial charge in [-0.3, -0.25) is 9.69 Å². The summed E-state index contributed by atoms with van der Waals surface area (Å²) in [5.41, 5.74) is 1.20. The van der Waals surface area contributed by atoms with E-state index in [0.29, 0.717) is 13.1 Å². The SMILES string of the molecule is CCNC(=O)C1CNCCN1Cc1ccc(Br)c(Br)c1. The second-order valence-corrected chi connectivity index (χ2v) is 6.54. The van der Waals surface area contributed by atoms with Gasteiger partial charge in [0, 0.05) is 41.7 Å². The normalized spacial score (nSPS) is 19.9. The Bertz CT molecular complexity index is 481. The molecule has 20 heavy (non-hydrogen) atoms. The van der Waals surface area contributed by atoms with Crippen molar-refractivity contribution in [1.29, 1.82) is 0 Å². The number of halogens is 2. The summed E-state index contributed by atoms with van der Waals surface area (Å²) in [6, 6.07) is 6.13. The molecule has 0 aliphatic carbocycles. The van der Waals surface area contributed by atoms with Crippen LogP contribution in [-0.2, 0) is 11.3 Å². The highest BCUT2D eigenvalue weighted by atomic mass is 79.9. The Labute approximate surface area is 136 Å². The van der Waals surface area contributed by atoms with Crippen molar-refractivity contribution >= 4 is 37.8 Å². The molecule has 1 aliphatic heterocycles. The fourth-order valence-electron chi connectivity index (χ4n) is 2.36. The quantitative estimate of drug-likeness (QED) is 0.807. The lowest BCUT2D eigenvalue weighted by molar-refractivity contribution is -0.127. The van der Waals surface area contributed by atoms with E-state index in [1.54, 1.807) is 0 Å². The Morgan fingerprint density at radius 3 is 2.95 bits per heavy atom. The molecule has 1 aromatic carbocycles. The smallest absolute Gasteiger partial charge is 0.238 e. The number of hydrogen-bond acceptors (Lipinski definition) is 3. The van der Waals surface area contributed by atoms with Gasteiger partial charge in [0.25, 0.3) is 0 Å². The number of carbonyl (C=O) groups is 1. The van der Waals surface area contributed by atoms with Crippen LogP contribution in [0.15, 0.2) is 27.1 Å². The van der Waals surface area contributed by atoms with Crippen molar-refractivity contribution in [2.75, 3.05) is 26.2 Å². The third-order valence-corrected chi connectivity index (χ3v) is 5.26. The minimum Gasteiger partial charge on any atom is -0.355 e. The van der Waals surface area contributed by atoms with Gasteiger partial charge in [-0.1, -0.05) is 6.07 Å². The molecule has 1 atom stereocenters. The predicted molar refractivity (Wildman–Crippen MR) is 87.6 cm³/mol. The summed E-state index contributed by atoms with van der Waals surface area (Å²) in [4.78, 5) is 14.3. The van der Waals surface area contributed by atoms with Crippen LogP contribution in [0, 0.1) is 0 Å². The molecule has 0 bridgehead atoms. The summed E-state index contributed by atoms with van der Waals surface area (Å²) in [6.45, 7) is 5.93. The molecular weight excluding hydrogens is 386 g/mol. The van der Waals surface area contributed by atoms with Crippen LogP contribution in [0.25, 0.3) is 0 Å². The van der Waals surface area contributed by atoms with Gasteiger partial charge >= 0.3 is 0 Å². The van der Waals surface area contributed by atoms with E-state index < -0.39 is 0 Å². The zero-order valence-electron chi connectivity index (χ0n) is 11.5. The van der Waals surface area contributed by atoms with Crippen LogP contribution >= 0.6 is 31.9 Å². The standard InChI is InChI=1S/C14H19Br2N3O/c1-2-18-14(20)13-8-17-5-6-19(13)9-10-3-4-11(15)12(16)7-10/h3-4,7,13,17H,2,5-6,8-9H2,1H3,(H,18,20). The highest BCUT2D eigenvalue weighted by Gasteiger charge is 2.28. The van der Waals surface area contributed by atoms with Crippen molar-refractivity contribution in [3.63, 3.8) is 0 Å². The van der Waals surface area contributed by atoms with Crippen LogP contribution in [0.1, 0.15) is 12.5 Å². The third kappa shape index (κ3) is 4.04. The van der Waals surface area contributed by atoms with Crippen LogP contribution in [0.4, 0.5) is 0 Å². The Morgan fingerprint density at radius 1 is 1.45 bits per heavy atom. The summed E-state index contributed by atoms with van der Waals surface area (Å²) in [5.74, 6) is 0.107. The molecule has 4 nitrogen and oxygen atoms in total. The van der Waals surface area contributed by atoms with Gasteiger partial charge in [-0.15, -0.1) is 0 Å². The molecule has 110 valence electrons. The molecule has 1 aliphatic rings. The van der Waals surface area contributed by atoms with Crippen molar-refractivity contribution in [3.8, 4) is 0 Å². The summed E-state index contributed by atoms with van der Waals surface area (Å²) in [7, 11) is 0. The lowest BCUT2D eigenvalue weighted by Gasteiger charge is -2.35. The van der Waals surface area contributed by atoms with Crippen LogP contribution < -0.4 is 10.6 Å². The van der Waals surface area contributed by atoms with E-state index in [1.165, 1.54) is 5.56 Å². The fourth-order valence-corrected chi connectivity index (χ4v) is 3.03. The van der Waals surface area contributed by atoms with Gasteiger partial charge in [0.2, 0.25) is 5.91 Å². The molecule has 0 aromatic heterocycles. The van der Waals surface area contributed by atoms with Crippen molar-refractivity contribution < 1.29 is 4.79 Å². The van der Waals surface area contributed by atoms with E-state index in [2.05, 4.69) is 59.5 Å². The van der Waals surface area contributed by atoms with Crippen molar-refractivity contribution in [2.24, 2.45) is 0 Å². The molecule has 1 amide bonds. The number of benzene rings is 1. The number of nitrogens with one attached hydrogen (secondary N) is 2. The van der Waals surface area contributed by atoms with E-state index in [4.69, 9.17) is 0 Å². The molecule has 1 saturated heterocycles. The molecule has 2 N–H and O–H groups in total. The zero-order valence-corrected chi connectivity index (χ0v) is 14.6. The van der Waals surface area contributed by atoms with E-state index in [-0.39, 0.29) is 11.9 Å². The van der Waals surface area contributed by atoms with Crippen molar-refractivity contribution in [2.45, 2.75) is 19.5 Å². The van der Waals surface area contributed by atoms with Crippen molar-refractivity contribution in [1.82, 2.24) is 15.5 Å². The number of amides is 1. The number of rotatable bonds is 4. The largest absolute Gasteiger partial charge is 0.355 e. The van der Waals surface area contributed by atoms with Crippen molar-refractivity contribution in [3.05, 3.63) is 32.7 Å². The predicted octanol–water partition coefficient (Wildman–Crippen LogP) is 2.12. The average Bonchev–Trinajstić information content (AvgIpc) is 2.44. The minimum absolute atomic E-state index is 0.0916. The van der Waals surface area contributed by atoms with Gasteiger partial charge in [-0.25, -0.2) is 0 Å². The first kappa shape index (κ1) is 15.9. The Morgan fingerprint density at radius 2 is 2.25 bits per heavy atom. The van der Waals surface area contributed by atoms with E-state index in [0.717, 1.165) is 28.6 Å². The number of carbonyl (C=O) groups excluding carboxylic acids is 1. The Balaban J connectivity index is 2.08. The van der Waals surface area contributed by atoms with Crippen LogP contribution in [0.5, 0.6) is 0 Å². The van der Waals surface area contributed by atoms with Gasteiger partial charge in [0.05, 0.1) is 0 Å². The minimum atomic E-state index is -0.0916. The molecule has 1 fully saturated rings. The summed E-state index contributed by atoms with van der Waals surface area (Å²) in [5, 5.41) is 6.21. The van der Waals surface area contributed by atoms with Gasteiger partial charge in [0.15, 0.2) is 0 Å². The summed E-state index contributed by atoms with van der Waals surface area (Å²) in [6.07, 6.45) is 0. The number of piperazine rings is 1. The third-order valence-electron chi connectivity index (χ3n) is 3.38. The molecule has 1 unspecified atom stereocenters. The topological polar surface area (TPSA) is 44.4 Å². The molecule has 0 spiro atoms. The number of likely N-dealkylation sites (N-methyl/N-ethyl adjacent to an activating group) is 1. The first-order valence-corrected chi connectivity index (χ1v) is 8.37. The maximum Gasteiger partial charge on any atom is 0.238 e. The molecular formula is C14H19Br2N3O. The van der Waals surface area contributed by atoms with E-state index >= 15 is 0 Å². The highest BCUT2D eigenvalue weighted by molar-refractivity contribution is 9.13. The number of nitrogens with zero attached hydrogens (tertiary/aromatic N) is 1. The summed E-state index contributed by atoms with van der Waals surface area (Å²) < 4.78 is 2.08. The molecule has 1 heterocycles. The highest BCUT2D eigenvalue weighted by Crippen LogP contribution is 2.24. The Kier molecular flexibility index (Phi) is 6.01. The first-order valence-electron chi connectivity index (χ1n) is 6.78. The average molecular weight is 405 g/mol. The fraction of sp³-hybridized carbons (Fsp3) is 0.500. The van der Waals surface area contributed by atoms with Gasteiger partial charge in [-0.2, -0.15) is 0 Å². The second-order valence-electron chi connectivity index (χ2n) is 4.83. The van der Waals surface area contributed by atoms with Crippen LogP contribution in [0.2, 0.25) is 0 Å². The molecule has 1 aromatic rings. The van der Waals surface area contributed by atoms with Crippen LogP contribution in [0.3, 0.4) is 0 Å². The second kappa shape index (κ2) is 7.54. The van der Waals surface area contributed by atoms with E-state index in [9.17, 15) is 4.79 Å². The monoisotopic (exact) mass is 403 g/mol. The zero-order chi connectivity index (χ0) is 14.5. The molecule has 6 heteroatoms. The molecule has 2 rings (SSSR count). The van der Waals surface area contributed by atoms with E-state index in [1.807, 2.05) is 13.0 Å². The van der Waals surface area contributed by atoms with Gasteiger partial charge < -0.3 is 10.6 Å². The maximum absolute atomic E-state index is 12.1. The maximum atomic E-state index is 12.1. The summed E-state index contributed by atoms with van der Waals surface area (Å²) >= 11 is 7.00. The number of hydrogen-bond donors (Lipinski definition) is 2. The molecule has 0 saturated carbocycles. The molecule has 0 radical (unpaired) electrons.